The van der Waals surface area contributed by atoms with Gasteiger partial charge in [0.2, 0.25) is 0 Å². The van der Waals surface area contributed by atoms with E-state index in [1.807, 2.05) is 6.07 Å². The third-order valence-corrected chi connectivity index (χ3v) is 2.78. The molecule has 2 aromatic rings. The predicted octanol–water partition coefficient (Wildman–Crippen LogP) is 3.04. The highest BCUT2D eigenvalue weighted by Gasteiger charge is 2.14. The number of halogens is 1. The summed E-state index contributed by atoms with van der Waals surface area (Å²) in [5, 5.41) is 12.3. The van der Waals surface area contributed by atoms with Crippen LogP contribution in [0.2, 0.25) is 0 Å². The molecule has 1 heterocycles. The number of rotatable bonds is 2. The molecular formula is C10H7BrN2O2. The first-order valence-corrected chi connectivity index (χ1v) is 5.43. The van der Waals surface area contributed by atoms with Crippen molar-refractivity contribution in [2.75, 3.05) is 0 Å². The SMILES string of the molecule is O=[N+]([O-])c1ccc(CBr)c2cccnc12. The molecule has 5 heteroatoms. The van der Waals surface area contributed by atoms with Crippen molar-refractivity contribution in [3.8, 4) is 0 Å². The lowest BCUT2D eigenvalue weighted by Gasteiger charge is -2.02. The molecular weight excluding hydrogens is 260 g/mol. The molecule has 0 fully saturated rings. The van der Waals surface area contributed by atoms with Crippen molar-refractivity contribution < 1.29 is 4.92 Å². The Morgan fingerprint density at radius 3 is 2.87 bits per heavy atom. The van der Waals surface area contributed by atoms with Crippen LogP contribution in [0.15, 0.2) is 30.5 Å². The first-order chi connectivity index (χ1) is 7.24. The second kappa shape index (κ2) is 3.94. The Balaban J connectivity index is 2.83. The molecule has 0 amide bonds. The third-order valence-electron chi connectivity index (χ3n) is 2.18. The number of hydrogen-bond donors (Lipinski definition) is 0. The summed E-state index contributed by atoms with van der Waals surface area (Å²) in [4.78, 5) is 14.4. The maximum atomic E-state index is 10.8. The third kappa shape index (κ3) is 1.70. The van der Waals surface area contributed by atoms with Crippen molar-refractivity contribution in [2.24, 2.45) is 0 Å². The normalized spacial score (nSPS) is 10.5. The van der Waals surface area contributed by atoms with Crippen molar-refractivity contribution in [3.05, 3.63) is 46.1 Å². The van der Waals surface area contributed by atoms with Gasteiger partial charge in [-0.3, -0.25) is 10.1 Å². The number of nitro benzene ring substituents is 1. The smallest absolute Gasteiger partial charge is 0.258 e. The summed E-state index contributed by atoms with van der Waals surface area (Å²) in [5.41, 5.74) is 1.50. The quantitative estimate of drug-likeness (QED) is 0.477. The van der Waals surface area contributed by atoms with Gasteiger partial charge in [0.25, 0.3) is 5.69 Å². The summed E-state index contributed by atoms with van der Waals surface area (Å²) < 4.78 is 0. The predicted molar refractivity (Wildman–Crippen MR) is 61.0 cm³/mol. The van der Waals surface area contributed by atoms with Crippen molar-refractivity contribution in [1.29, 1.82) is 0 Å². The molecule has 0 bridgehead atoms. The second-order valence-corrected chi connectivity index (χ2v) is 3.59. The molecule has 0 aliphatic heterocycles. The number of pyridine rings is 1. The summed E-state index contributed by atoms with van der Waals surface area (Å²) in [7, 11) is 0. The minimum atomic E-state index is -0.409. The molecule has 4 nitrogen and oxygen atoms in total. The van der Waals surface area contributed by atoms with E-state index in [2.05, 4.69) is 20.9 Å². The van der Waals surface area contributed by atoms with E-state index < -0.39 is 4.92 Å². The molecule has 1 aromatic carbocycles. The van der Waals surface area contributed by atoms with E-state index >= 15 is 0 Å². The highest BCUT2D eigenvalue weighted by atomic mass is 79.9. The number of benzene rings is 1. The number of non-ortho nitro benzene ring substituents is 1. The fourth-order valence-electron chi connectivity index (χ4n) is 1.48. The molecule has 76 valence electrons. The molecule has 0 radical (unpaired) electrons. The zero-order chi connectivity index (χ0) is 10.8. The van der Waals surface area contributed by atoms with Crippen LogP contribution >= 0.6 is 15.9 Å². The summed E-state index contributed by atoms with van der Waals surface area (Å²) >= 11 is 3.34. The average Bonchev–Trinajstić information content (AvgIpc) is 2.27. The van der Waals surface area contributed by atoms with Gasteiger partial charge in [-0.05, 0) is 11.6 Å². The molecule has 0 unspecified atom stereocenters. The van der Waals surface area contributed by atoms with E-state index in [-0.39, 0.29) is 5.69 Å². The van der Waals surface area contributed by atoms with Crippen LogP contribution in [-0.4, -0.2) is 9.91 Å². The standard InChI is InChI=1S/C10H7BrN2O2/c11-6-7-3-4-9(13(14)15)10-8(7)2-1-5-12-10/h1-5H,6H2. The van der Waals surface area contributed by atoms with E-state index in [4.69, 9.17) is 0 Å². The van der Waals surface area contributed by atoms with Crippen LogP contribution in [-0.2, 0) is 5.33 Å². The lowest BCUT2D eigenvalue weighted by Crippen LogP contribution is -1.93. The highest BCUT2D eigenvalue weighted by Crippen LogP contribution is 2.27. The minimum absolute atomic E-state index is 0.0512. The highest BCUT2D eigenvalue weighted by molar-refractivity contribution is 9.08. The van der Waals surface area contributed by atoms with Crippen LogP contribution in [0.3, 0.4) is 0 Å². The number of hydrogen-bond acceptors (Lipinski definition) is 3. The van der Waals surface area contributed by atoms with E-state index in [1.54, 1.807) is 18.3 Å². The minimum Gasteiger partial charge on any atom is -0.258 e. The molecule has 0 atom stereocenters. The van der Waals surface area contributed by atoms with Gasteiger partial charge in [-0.1, -0.05) is 28.1 Å². The fourth-order valence-corrected chi connectivity index (χ4v) is 1.97. The van der Waals surface area contributed by atoms with Gasteiger partial charge in [0.05, 0.1) is 4.92 Å². The van der Waals surface area contributed by atoms with Gasteiger partial charge < -0.3 is 0 Å². The number of alkyl halides is 1. The van der Waals surface area contributed by atoms with Crippen molar-refractivity contribution in [2.45, 2.75) is 5.33 Å². The topological polar surface area (TPSA) is 56.0 Å². The van der Waals surface area contributed by atoms with Gasteiger partial charge in [-0.25, -0.2) is 4.98 Å². The van der Waals surface area contributed by atoms with Crippen LogP contribution in [0.25, 0.3) is 10.9 Å². The Labute approximate surface area is 94.2 Å². The molecule has 0 saturated carbocycles. The van der Waals surface area contributed by atoms with Crippen LogP contribution in [0.4, 0.5) is 5.69 Å². The maximum Gasteiger partial charge on any atom is 0.295 e. The Kier molecular flexibility index (Phi) is 2.64. The summed E-state index contributed by atoms with van der Waals surface area (Å²) in [6, 6.07) is 6.85. The zero-order valence-corrected chi connectivity index (χ0v) is 9.27. The molecule has 0 aliphatic rings. The molecule has 15 heavy (non-hydrogen) atoms. The summed E-state index contributed by atoms with van der Waals surface area (Å²) in [6.45, 7) is 0. The number of nitro groups is 1. The van der Waals surface area contributed by atoms with E-state index in [9.17, 15) is 10.1 Å². The van der Waals surface area contributed by atoms with Crippen LogP contribution in [0.5, 0.6) is 0 Å². The summed E-state index contributed by atoms with van der Waals surface area (Å²) in [6.07, 6.45) is 1.56. The van der Waals surface area contributed by atoms with Gasteiger partial charge in [-0.15, -0.1) is 0 Å². The van der Waals surface area contributed by atoms with Gasteiger partial charge in [-0.2, -0.15) is 0 Å². The zero-order valence-electron chi connectivity index (χ0n) is 7.68. The molecule has 2 rings (SSSR count). The van der Waals surface area contributed by atoms with Crippen LogP contribution in [0.1, 0.15) is 5.56 Å². The Morgan fingerprint density at radius 1 is 1.40 bits per heavy atom. The van der Waals surface area contributed by atoms with Gasteiger partial charge in [0, 0.05) is 23.0 Å². The number of nitrogens with zero attached hydrogens (tertiary/aromatic N) is 2. The molecule has 0 spiro atoms. The van der Waals surface area contributed by atoms with Gasteiger partial charge in [0.1, 0.15) is 5.52 Å². The van der Waals surface area contributed by atoms with E-state index in [1.165, 1.54) is 6.07 Å². The first-order valence-electron chi connectivity index (χ1n) is 4.31. The van der Waals surface area contributed by atoms with E-state index in [0.717, 1.165) is 10.9 Å². The fraction of sp³-hybridized carbons (Fsp3) is 0.100. The molecule has 0 saturated heterocycles. The van der Waals surface area contributed by atoms with Crippen molar-refractivity contribution in [3.63, 3.8) is 0 Å². The number of fused-ring (bicyclic) bond motifs is 1. The molecule has 0 aliphatic carbocycles. The Hall–Kier alpha value is -1.49. The monoisotopic (exact) mass is 266 g/mol. The van der Waals surface area contributed by atoms with E-state index in [0.29, 0.717) is 10.8 Å². The van der Waals surface area contributed by atoms with Gasteiger partial charge >= 0.3 is 0 Å². The summed E-state index contributed by atoms with van der Waals surface area (Å²) in [5.74, 6) is 0. The Bertz CT molecular complexity index is 528. The second-order valence-electron chi connectivity index (χ2n) is 3.03. The lowest BCUT2D eigenvalue weighted by molar-refractivity contribution is -0.383. The van der Waals surface area contributed by atoms with Crippen molar-refractivity contribution in [1.82, 2.24) is 4.98 Å². The average molecular weight is 267 g/mol. The van der Waals surface area contributed by atoms with Gasteiger partial charge in [0.15, 0.2) is 0 Å². The molecule has 0 N–H and O–H groups in total. The largest absolute Gasteiger partial charge is 0.295 e. The maximum absolute atomic E-state index is 10.8. The lowest BCUT2D eigenvalue weighted by atomic mass is 10.1. The Morgan fingerprint density at radius 2 is 2.20 bits per heavy atom. The first kappa shape index (κ1) is 10.0. The van der Waals surface area contributed by atoms with Crippen molar-refractivity contribution >= 4 is 32.5 Å². The van der Waals surface area contributed by atoms with Crippen LogP contribution < -0.4 is 0 Å². The number of aromatic nitrogens is 1. The molecule has 1 aromatic heterocycles. The van der Waals surface area contributed by atoms with Crippen LogP contribution in [0, 0.1) is 10.1 Å².